The summed E-state index contributed by atoms with van der Waals surface area (Å²) in [5.41, 5.74) is 9.16. The molecule has 0 spiro atoms. The summed E-state index contributed by atoms with van der Waals surface area (Å²) in [5, 5.41) is 4.74. The van der Waals surface area contributed by atoms with Crippen LogP contribution >= 0.6 is 11.6 Å². The number of aromatic amines is 1. The molecule has 3 aromatic heterocycles. The fourth-order valence-corrected chi connectivity index (χ4v) is 4.20. The quantitative estimate of drug-likeness (QED) is 0.326. The minimum Gasteiger partial charge on any atom is -0.366 e. The van der Waals surface area contributed by atoms with Crippen LogP contribution in [0.2, 0.25) is 5.02 Å². The highest BCUT2D eigenvalue weighted by molar-refractivity contribution is 6.31. The lowest BCUT2D eigenvalue weighted by atomic mass is 10.0. The van der Waals surface area contributed by atoms with Gasteiger partial charge in [0.05, 0.1) is 16.1 Å². The van der Waals surface area contributed by atoms with Gasteiger partial charge in [0.15, 0.2) is 0 Å². The van der Waals surface area contributed by atoms with Crippen molar-refractivity contribution in [2.24, 2.45) is 5.73 Å². The number of fused-ring (bicyclic) bond motifs is 2. The van der Waals surface area contributed by atoms with E-state index in [0.717, 1.165) is 10.9 Å². The zero-order valence-electron chi connectivity index (χ0n) is 18.3. The van der Waals surface area contributed by atoms with E-state index in [1.54, 1.807) is 36.5 Å². The van der Waals surface area contributed by atoms with Crippen molar-refractivity contribution in [3.8, 4) is 0 Å². The maximum absolute atomic E-state index is 14.4. The zero-order chi connectivity index (χ0) is 24.5. The Morgan fingerprint density at radius 1 is 1.06 bits per heavy atom. The number of primary amides is 1. The number of carbonyl (C=O) groups excluding carboxylic acids is 2. The number of benzene rings is 2. The predicted molar refractivity (Wildman–Crippen MR) is 132 cm³/mol. The van der Waals surface area contributed by atoms with Crippen LogP contribution in [0.5, 0.6) is 0 Å². The van der Waals surface area contributed by atoms with Crippen LogP contribution in [-0.4, -0.2) is 26.8 Å². The number of hydrogen-bond acceptors (Lipinski definition) is 4. The number of amides is 2. The van der Waals surface area contributed by atoms with Gasteiger partial charge in [-0.25, -0.2) is 4.39 Å². The fraction of sp³-hybridized carbons (Fsp3) is 0.0769. The normalized spacial score (nSPS) is 11.1. The molecule has 5 rings (SSSR count). The number of rotatable bonds is 6. The maximum Gasteiger partial charge on any atom is 0.251 e. The van der Waals surface area contributed by atoms with Gasteiger partial charge in [0.25, 0.3) is 11.8 Å². The third kappa shape index (κ3) is 4.69. The number of pyridine rings is 2. The number of nitrogens with zero attached hydrogens (tertiary/aromatic N) is 2. The van der Waals surface area contributed by atoms with Gasteiger partial charge in [-0.15, -0.1) is 0 Å². The van der Waals surface area contributed by atoms with Crippen molar-refractivity contribution in [1.29, 1.82) is 0 Å². The van der Waals surface area contributed by atoms with Gasteiger partial charge in [0.1, 0.15) is 5.82 Å². The highest BCUT2D eigenvalue weighted by atomic mass is 35.5. The average molecular weight is 488 g/mol. The van der Waals surface area contributed by atoms with E-state index in [1.807, 2.05) is 12.1 Å². The van der Waals surface area contributed by atoms with Crippen LogP contribution in [0.1, 0.15) is 37.5 Å². The Balaban J connectivity index is 1.36. The molecule has 0 aliphatic carbocycles. The monoisotopic (exact) mass is 487 g/mol. The van der Waals surface area contributed by atoms with Crippen LogP contribution in [0.15, 0.2) is 67.1 Å². The van der Waals surface area contributed by atoms with Crippen molar-refractivity contribution >= 4 is 45.2 Å². The second-order valence-corrected chi connectivity index (χ2v) is 8.57. The predicted octanol–water partition coefficient (Wildman–Crippen LogP) is 4.52. The van der Waals surface area contributed by atoms with Crippen LogP contribution in [0.25, 0.3) is 21.8 Å². The molecule has 7 nitrogen and oxygen atoms in total. The van der Waals surface area contributed by atoms with Crippen molar-refractivity contribution in [2.75, 3.05) is 0 Å². The summed E-state index contributed by atoms with van der Waals surface area (Å²) >= 11 is 6.06. The van der Waals surface area contributed by atoms with E-state index in [0.29, 0.717) is 44.7 Å². The number of hydrogen-bond donors (Lipinski definition) is 3. The fourth-order valence-electron chi connectivity index (χ4n) is 4.03. The minimum absolute atomic E-state index is 0.0455. The molecule has 0 radical (unpaired) electrons. The van der Waals surface area contributed by atoms with Crippen LogP contribution in [0.3, 0.4) is 0 Å². The maximum atomic E-state index is 14.4. The molecule has 5 aromatic rings. The first-order valence-corrected chi connectivity index (χ1v) is 11.1. The molecule has 0 aliphatic rings. The first kappa shape index (κ1) is 22.5. The summed E-state index contributed by atoms with van der Waals surface area (Å²) in [4.78, 5) is 36.2. The van der Waals surface area contributed by atoms with Crippen molar-refractivity contribution in [3.05, 3.63) is 106 Å². The number of carbonyl (C=O) groups is 2. The molecule has 0 atom stereocenters. The van der Waals surface area contributed by atoms with Gasteiger partial charge in [-0.3, -0.25) is 19.6 Å². The topological polar surface area (TPSA) is 114 Å². The van der Waals surface area contributed by atoms with Crippen LogP contribution in [-0.2, 0) is 13.0 Å². The Hall–Kier alpha value is -4.30. The third-order valence-electron chi connectivity index (χ3n) is 5.70. The van der Waals surface area contributed by atoms with E-state index >= 15 is 0 Å². The second-order valence-electron chi connectivity index (χ2n) is 8.14. The Bertz CT molecular complexity index is 1610. The van der Waals surface area contributed by atoms with Crippen molar-refractivity contribution in [1.82, 2.24) is 20.3 Å². The Morgan fingerprint density at radius 3 is 2.74 bits per heavy atom. The van der Waals surface area contributed by atoms with Crippen LogP contribution in [0.4, 0.5) is 4.39 Å². The van der Waals surface area contributed by atoms with Crippen molar-refractivity contribution < 1.29 is 14.0 Å². The van der Waals surface area contributed by atoms with Gasteiger partial charge in [-0.05, 0) is 59.5 Å². The van der Waals surface area contributed by atoms with Crippen molar-refractivity contribution in [3.63, 3.8) is 0 Å². The molecule has 0 unspecified atom stereocenters. The van der Waals surface area contributed by atoms with Crippen LogP contribution in [0, 0.1) is 5.82 Å². The average Bonchev–Trinajstić information content (AvgIpc) is 3.28. The number of nitrogens with one attached hydrogen (secondary N) is 2. The van der Waals surface area contributed by atoms with Crippen molar-refractivity contribution in [2.45, 2.75) is 13.0 Å². The second kappa shape index (κ2) is 9.15. The largest absolute Gasteiger partial charge is 0.366 e. The summed E-state index contributed by atoms with van der Waals surface area (Å²) in [5.74, 6) is -1.35. The van der Waals surface area contributed by atoms with E-state index < -0.39 is 11.7 Å². The number of aromatic nitrogens is 3. The Kier molecular flexibility index (Phi) is 5.88. The summed E-state index contributed by atoms with van der Waals surface area (Å²) in [7, 11) is 0. The highest BCUT2D eigenvalue weighted by Crippen LogP contribution is 2.24. The molecule has 0 bridgehead atoms. The minimum atomic E-state index is -0.599. The lowest BCUT2D eigenvalue weighted by Gasteiger charge is -2.10. The molecule has 0 fully saturated rings. The Labute approximate surface area is 204 Å². The van der Waals surface area contributed by atoms with E-state index in [1.165, 1.54) is 18.5 Å². The Morgan fingerprint density at radius 2 is 1.91 bits per heavy atom. The summed E-state index contributed by atoms with van der Waals surface area (Å²) in [6.45, 7) is 0.0455. The molecule has 2 aromatic carbocycles. The third-order valence-corrected chi connectivity index (χ3v) is 5.91. The van der Waals surface area contributed by atoms with Gasteiger partial charge in [-0.1, -0.05) is 11.6 Å². The van der Waals surface area contributed by atoms with E-state index in [2.05, 4.69) is 20.3 Å². The van der Waals surface area contributed by atoms with Gasteiger partial charge in [0.2, 0.25) is 0 Å². The first-order chi connectivity index (χ1) is 16.9. The summed E-state index contributed by atoms with van der Waals surface area (Å²) in [6, 6.07) is 13.4. The lowest BCUT2D eigenvalue weighted by Crippen LogP contribution is -2.23. The standard InChI is InChI=1S/C26H19ClFN5O2/c27-19-9-17-5-14(7-21(25(29)34)24(17)32-13-19)6-20-10-16(2-3-30-20)26(35)33-12-18-8-15-1-4-31-23(15)11-22(18)28/h1-5,7-11,13,31H,6,12H2,(H2,29,34)(H,33,35). The van der Waals surface area contributed by atoms with E-state index in [-0.39, 0.29) is 18.0 Å². The molecule has 0 saturated heterocycles. The summed E-state index contributed by atoms with van der Waals surface area (Å²) in [6.07, 6.45) is 5.08. The molecule has 0 aliphatic heterocycles. The van der Waals surface area contributed by atoms with E-state index in [4.69, 9.17) is 17.3 Å². The SMILES string of the molecule is NC(=O)c1cc(Cc2cc(C(=O)NCc3cc4cc[nH]c4cc3F)ccn2)cc2cc(Cl)cnc12. The highest BCUT2D eigenvalue weighted by Gasteiger charge is 2.14. The molecule has 174 valence electrons. The van der Waals surface area contributed by atoms with Gasteiger partial charge in [0, 0.05) is 59.3 Å². The smallest absolute Gasteiger partial charge is 0.251 e. The van der Waals surface area contributed by atoms with Crippen LogP contribution < -0.4 is 11.1 Å². The molecular formula is C26H19ClFN5O2. The molecule has 35 heavy (non-hydrogen) atoms. The molecule has 0 saturated carbocycles. The van der Waals surface area contributed by atoms with Gasteiger partial charge >= 0.3 is 0 Å². The molecular weight excluding hydrogens is 469 g/mol. The number of halogens is 2. The zero-order valence-corrected chi connectivity index (χ0v) is 19.1. The number of H-pyrrole nitrogens is 1. The van der Waals surface area contributed by atoms with Gasteiger partial charge in [-0.2, -0.15) is 0 Å². The molecule has 2 amide bonds. The van der Waals surface area contributed by atoms with Gasteiger partial charge < -0.3 is 16.0 Å². The summed E-state index contributed by atoms with van der Waals surface area (Å²) < 4.78 is 14.4. The number of nitrogens with two attached hydrogens (primary N) is 1. The molecule has 9 heteroatoms. The first-order valence-electron chi connectivity index (χ1n) is 10.7. The lowest BCUT2D eigenvalue weighted by molar-refractivity contribution is 0.0949. The molecule has 4 N–H and O–H groups in total. The molecule has 3 heterocycles. The van der Waals surface area contributed by atoms with E-state index in [9.17, 15) is 14.0 Å².